The van der Waals surface area contributed by atoms with Crippen LogP contribution in [-0.2, 0) is 4.74 Å². The number of benzene rings is 1. The summed E-state index contributed by atoms with van der Waals surface area (Å²) in [5, 5.41) is 32.0. The van der Waals surface area contributed by atoms with E-state index in [1.54, 1.807) is 19.1 Å². The van der Waals surface area contributed by atoms with Crippen LogP contribution >= 0.6 is 0 Å². The molecule has 0 amide bonds. The van der Waals surface area contributed by atoms with Gasteiger partial charge in [0.25, 0.3) is 5.69 Å². The molecule has 7 nitrogen and oxygen atoms in total. The number of fused-ring (bicyclic) bond motifs is 5. The molecular weight excluding hydrogens is 288 g/mol. The quantitative estimate of drug-likeness (QED) is 0.656. The number of aromatic nitrogens is 1. The molecule has 2 aromatic rings. The molecule has 2 N–H and O–H groups in total. The van der Waals surface area contributed by atoms with Gasteiger partial charge in [0, 0.05) is 11.6 Å². The van der Waals surface area contributed by atoms with Crippen molar-refractivity contribution in [1.29, 1.82) is 0 Å². The molecule has 0 saturated carbocycles. The maximum absolute atomic E-state index is 11.1. The summed E-state index contributed by atoms with van der Waals surface area (Å²) in [4.78, 5) is 10.6. The molecule has 0 radical (unpaired) electrons. The molecule has 22 heavy (non-hydrogen) atoms. The molecule has 2 atom stereocenters. The number of ether oxygens (including phenoxy) is 1. The van der Waals surface area contributed by atoms with Crippen LogP contribution in [0.2, 0.25) is 0 Å². The predicted octanol–water partition coefficient (Wildman–Crippen LogP) is 3.01. The van der Waals surface area contributed by atoms with E-state index in [9.17, 15) is 20.3 Å². The van der Waals surface area contributed by atoms with E-state index in [0.717, 1.165) is 12.8 Å². The molecule has 1 aromatic heterocycles. The molecule has 114 valence electrons. The lowest BCUT2D eigenvalue weighted by Crippen LogP contribution is -1.99. The van der Waals surface area contributed by atoms with E-state index >= 15 is 0 Å². The summed E-state index contributed by atoms with van der Waals surface area (Å²) in [6.07, 6.45) is 1.21. The second kappa shape index (κ2) is 4.23. The highest BCUT2D eigenvalue weighted by Gasteiger charge is 2.45. The molecule has 2 aliphatic rings. The number of nitro benzene ring substituents is 1. The highest BCUT2D eigenvalue weighted by atomic mass is 16.6. The first-order chi connectivity index (χ1) is 10.5. The van der Waals surface area contributed by atoms with Gasteiger partial charge in [-0.2, -0.15) is 0 Å². The number of aromatic hydroxyl groups is 2. The van der Waals surface area contributed by atoms with Crippen molar-refractivity contribution in [2.75, 3.05) is 0 Å². The van der Waals surface area contributed by atoms with Gasteiger partial charge in [-0.15, -0.1) is 0 Å². The van der Waals surface area contributed by atoms with Crippen LogP contribution in [-0.4, -0.2) is 19.7 Å². The third-order valence-corrected chi connectivity index (χ3v) is 4.51. The SMILES string of the molecule is Cc1ccc(-n2c(O)c3c(c2O)[C@H]2CC[C@@H]3O2)cc1[N+](=O)[O-]. The summed E-state index contributed by atoms with van der Waals surface area (Å²) in [5.41, 5.74) is 2.05. The molecule has 0 aliphatic carbocycles. The van der Waals surface area contributed by atoms with Crippen molar-refractivity contribution in [3.63, 3.8) is 0 Å². The Labute approximate surface area is 125 Å². The number of nitro groups is 1. The first kappa shape index (κ1) is 13.1. The van der Waals surface area contributed by atoms with Crippen molar-refractivity contribution in [1.82, 2.24) is 4.57 Å². The first-order valence-electron chi connectivity index (χ1n) is 7.06. The molecule has 0 spiro atoms. The normalized spacial score (nSPS) is 22.0. The van der Waals surface area contributed by atoms with Crippen LogP contribution in [0.1, 0.15) is 41.7 Å². The molecule has 1 fully saturated rings. The molecule has 3 heterocycles. The minimum absolute atomic E-state index is 0.0515. The molecular formula is C15H14N2O5. The number of hydrogen-bond donors (Lipinski definition) is 2. The predicted molar refractivity (Wildman–Crippen MR) is 76.3 cm³/mol. The molecule has 7 heteroatoms. The Kier molecular flexibility index (Phi) is 2.53. The zero-order valence-corrected chi connectivity index (χ0v) is 11.8. The molecule has 2 bridgehead atoms. The van der Waals surface area contributed by atoms with Gasteiger partial charge in [0.2, 0.25) is 11.8 Å². The van der Waals surface area contributed by atoms with Gasteiger partial charge in [0.15, 0.2) is 0 Å². The van der Waals surface area contributed by atoms with Gasteiger partial charge in [0.05, 0.1) is 33.9 Å². The first-order valence-corrected chi connectivity index (χ1v) is 7.06. The van der Waals surface area contributed by atoms with Crippen LogP contribution in [0.4, 0.5) is 5.69 Å². The Bertz CT molecular complexity index is 777. The minimum Gasteiger partial charge on any atom is -0.494 e. The fourth-order valence-electron chi connectivity index (χ4n) is 3.46. The average molecular weight is 302 g/mol. The fraction of sp³-hybridized carbons (Fsp3) is 0.333. The van der Waals surface area contributed by atoms with E-state index in [0.29, 0.717) is 22.4 Å². The zero-order chi connectivity index (χ0) is 15.6. The van der Waals surface area contributed by atoms with Crippen molar-refractivity contribution < 1.29 is 19.9 Å². The molecule has 4 rings (SSSR count). The van der Waals surface area contributed by atoms with Gasteiger partial charge in [-0.25, -0.2) is 0 Å². The third kappa shape index (κ3) is 1.54. The maximum Gasteiger partial charge on any atom is 0.274 e. The third-order valence-electron chi connectivity index (χ3n) is 4.51. The summed E-state index contributed by atoms with van der Waals surface area (Å²) < 4.78 is 6.93. The monoisotopic (exact) mass is 302 g/mol. The van der Waals surface area contributed by atoms with Crippen molar-refractivity contribution in [2.24, 2.45) is 0 Å². The molecule has 0 unspecified atom stereocenters. The lowest BCUT2D eigenvalue weighted by Gasteiger charge is -2.10. The highest BCUT2D eigenvalue weighted by molar-refractivity contribution is 5.59. The second-order valence-electron chi connectivity index (χ2n) is 5.73. The van der Waals surface area contributed by atoms with E-state index < -0.39 is 4.92 Å². The van der Waals surface area contributed by atoms with Crippen LogP contribution in [0.25, 0.3) is 5.69 Å². The van der Waals surface area contributed by atoms with Gasteiger partial charge in [0.1, 0.15) is 0 Å². The lowest BCUT2D eigenvalue weighted by atomic mass is 9.95. The number of nitrogens with zero attached hydrogens (tertiary/aromatic N) is 2. The minimum atomic E-state index is -0.475. The van der Waals surface area contributed by atoms with Gasteiger partial charge in [-0.3, -0.25) is 14.7 Å². The summed E-state index contributed by atoms with van der Waals surface area (Å²) in [6, 6.07) is 4.59. The number of rotatable bonds is 2. The highest BCUT2D eigenvalue weighted by Crippen LogP contribution is 2.58. The van der Waals surface area contributed by atoms with Gasteiger partial charge < -0.3 is 14.9 Å². The van der Waals surface area contributed by atoms with Crippen LogP contribution in [0, 0.1) is 17.0 Å². The van der Waals surface area contributed by atoms with Crippen molar-refractivity contribution >= 4 is 5.69 Å². The van der Waals surface area contributed by atoms with Crippen molar-refractivity contribution in [3.05, 3.63) is 45.0 Å². The smallest absolute Gasteiger partial charge is 0.274 e. The summed E-state index contributed by atoms with van der Waals surface area (Å²) in [7, 11) is 0. The van der Waals surface area contributed by atoms with Crippen LogP contribution in [0.3, 0.4) is 0 Å². The van der Waals surface area contributed by atoms with Crippen molar-refractivity contribution in [3.8, 4) is 17.4 Å². The maximum atomic E-state index is 11.1. The van der Waals surface area contributed by atoms with E-state index in [1.807, 2.05) is 0 Å². The summed E-state index contributed by atoms with van der Waals surface area (Å²) in [5.74, 6) is -0.198. The zero-order valence-electron chi connectivity index (χ0n) is 11.8. The van der Waals surface area contributed by atoms with Crippen LogP contribution < -0.4 is 0 Å². The average Bonchev–Trinajstić information content (AvgIpc) is 3.14. The summed E-state index contributed by atoms with van der Waals surface area (Å²) in [6.45, 7) is 1.64. The lowest BCUT2D eigenvalue weighted by molar-refractivity contribution is -0.385. The topological polar surface area (TPSA) is 97.8 Å². The molecule has 1 saturated heterocycles. The Hall–Kier alpha value is -2.54. The van der Waals surface area contributed by atoms with Crippen LogP contribution in [0.5, 0.6) is 11.8 Å². The Balaban J connectivity index is 1.92. The fourth-order valence-corrected chi connectivity index (χ4v) is 3.46. The Morgan fingerprint density at radius 1 is 1.23 bits per heavy atom. The van der Waals surface area contributed by atoms with Gasteiger partial charge >= 0.3 is 0 Å². The van der Waals surface area contributed by atoms with Gasteiger partial charge in [-0.1, -0.05) is 6.07 Å². The van der Waals surface area contributed by atoms with Crippen molar-refractivity contribution in [2.45, 2.75) is 32.0 Å². The second-order valence-corrected chi connectivity index (χ2v) is 5.73. The van der Waals surface area contributed by atoms with E-state index in [-0.39, 0.29) is 29.7 Å². The van der Waals surface area contributed by atoms with Gasteiger partial charge in [-0.05, 0) is 25.8 Å². The van der Waals surface area contributed by atoms with E-state index in [2.05, 4.69) is 0 Å². The Morgan fingerprint density at radius 2 is 1.82 bits per heavy atom. The van der Waals surface area contributed by atoms with E-state index in [1.165, 1.54) is 10.6 Å². The number of aryl methyl sites for hydroxylation is 1. The number of hydrogen-bond acceptors (Lipinski definition) is 5. The standard InChI is InChI=1S/C15H14N2O5/c1-7-2-3-8(6-9(7)17(20)21)16-14(18)12-10-4-5-11(22-10)13(12)15(16)19/h2-3,6,10-11,18-19H,4-5H2,1H3/t10-,11+. The largest absolute Gasteiger partial charge is 0.494 e. The summed E-state index contributed by atoms with van der Waals surface area (Å²) >= 11 is 0. The van der Waals surface area contributed by atoms with Crippen LogP contribution in [0.15, 0.2) is 18.2 Å². The Morgan fingerprint density at radius 3 is 2.36 bits per heavy atom. The molecule has 1 aromatic carbocycles. The van der Waals surface area contributed by atoms with E-state index in [4.69, 9.17) is 4.74 Å². The molecule has 2 aliphatic heterocycles.